The number of hydrogen-bond donors (Lipinski definition) is 1. The molecule has 1 aromatic rings. The molecule has 1 aliphatic rings. The maximum atomic E-state index is 11.8. The van der Waals surface area contributed by atoms with Gasteiger partial charge in [-0.1, -0.05) is 0 Å². The molecule has 8 heteroatoms. The minimum Gasteiger partial charge on any atom is -0.461 e. The molecule has 122 valence electrons. The monoisotopic (exact) mass is 312 g/mol. The molecule has 1 aromatic heterocycles. The Bertz CT molecular complexity index is 647. The van der Waals surface area contributed by atoms with Crippen molar-refractivity contribution < 1.29 is 19.0 Å². The van der Waals surface area contributed by atoms with E-state index in [1.165, 1.54) is 23.9 Å². The molecule has 22 heavy (non-hydrogen) atoms. The number of carbonyl (C=O) groups excluding carboxylic acids is 1. The molecule has 2 atom stereocenters. The molecule has 0 amide bonds. The Kier molecular flexibility index (Phi) is 4.82. The summed E-state index contributed by atoms with van der Waals surface area (Å²) in [6.45, 7) is 3.33. The lowest BCUT2D eigenvalue weighted by atomic mass is 10.1. The van der Waals surface area contributed by atoms with E-state index in [2.05, 4.69) is 4.98 Å². The van der Waals surface area contributed by atoms with E-state index in [1.54, 1.807) is 13.8 Å². The van der Waals surface area contributed by atoms with Gasteiger partial charge in [0.25, 0.3) is 5.56 Å². The lowest BCUT2D eigenvalue weighted by Crippen LogP contribution is -2.37. The van der Waals surface area contributed by atoms with Crippen LogP contribution in [-0.4, -0.2) is 40.9 Å². The average Bonchev–Trinajstić information content (AvgIpc) is 2.93. The van der Waals surface area contributed by atoms with Crippen molar-refractivity contribution in [2.45, 2.75) is 44.6 Å². The topological polar surface area (TPSA) is 99.6 Å². The van der Waals surface area contributed by atoms with Crippen LogP contribution in [0, 0.1) is 0 Å². The van der Waals surface area contributed by atoms with Gasteiger partial charge in [-0.3, -0.25) is 14.3 Å². The van der Waals surface area contributed by atoms with Crippen molar-refractivity contribution in [3.8, 4) is 0 Å². The molecule has 0 spiro atoms. The maximum Gasteiger partial charge on any atom is 0.337 e. The van der Waals surface area contributed by atoms with E-state index < -0.39 is 29.0 Å². The SMILES string of the molecule is COC(C)(C)C(=O)OCC1CCC(n2ccc(=O)[nH]c2=O)O1. The Morgan fingerprint density at radius 1 is 1.45 bits per heavy atom. The number of nitrogens with one attached hydrogen (secondary N) is 1. The zero-order valence-electron chi connectivity index (χ0n) is 12.8. The summed E-state index contributed by atoms with van der Waals surface area (Å²) in [4.78, 5) is 36.7. The average molecular weight is 312 g/mol. The van der Waals surface area contributed by atoms with Crippen molar-refractivity contribution in [3.05, 3.63) is 33.1 Å². The number of methoxy groups -OCH3 is 1. The Balaban J connectivity index is 1.92. The Morgan fingerprint density at radius 3 is 2.82 bits per heavy atom. The molecular formula is C14H20N2O6. The summed E-state index contributed by atoms with van der Waals surface area (Å²) in [6, 6.07) is 1.26. The predicted octanol–water partition coefficient (Wildman–Crippen LogP) is 0.182. The summed E-state index contributed by atoms with van der Waals surface area (Å²) in [5, 5.41) is 0. The van der Waals surface area contributed by atoms with E-state index in [4.69, 9.17) is 14.2 Å². The normalized spacial score (nSPS) is 21.8. The minimum absolute atomic E-state index is 0.0974. The van der Waals surface area contributed by atoms with Gasteiger partial charge in [0.15, 0.2) is 5.60 Å². The first-order chi connectivity index (χ1) is 10.3. The molecule has 0 aliphatic carbocycles. The first kappa shape index (κ1) is 16.4. The van der Waals surface area contributed by atoms with Crippen molar-refractivity contribution >= 4 is 5.97 Å². The van der Waals surface area contributed by atoms with Gasteiger partial charge < -0.3 is 14.2 Å². The van der Waals surface area contributed by atoms with Crippen LogP contribution in [0.25, 0.3) is 0 Å². The molecule has 1 N–H and O–H groups in total. The lowest BCUT2D eigenvalue weighted by molar-refractivity contribution is -0.169. The van der Waals surface area contributed by atoms with Gasteiger partial charge in [0.05, 0.1) is 6.10 Å². The van der Waals surface area contributed by atoms with E-state index >= 15 is 0 Å². The third-order valence-corrected chi connectivity index (χ3v) is 3.65. The Labute approximate surface area is 127 Å². The summed E-state index contributed by atoms with van der Waals surface area (Å²) < 4.78 is 17.2. The third-order valence-electron chi connectivity index (χ3n) is 3.65. The summed E-state index contributed by atoms with van der Waals surface area (Å²) in [6.07, 6.45) is 1.89. The highest BCUT2D eigenvalue weighted by atomic mass is 16.6. The minimum atomic E-state index is -1.01. The van der Waals surface area contributed by atoms with Crippen LogP contribution in [-0.2, 0) is 19.0 Å². The van der Waals surface area contributed by atoms with Crippen LogP contribution >= 0.6 is 0 Å². The molecular weight excluding hydrogens is 292 g/mol. The Hall–Kier alpha value is -1.93. The number of rotatable bonds is 5. The fourth-order valence-corrected chi connectivity index (χ4v) is 2.09. The summed E-state index contributed by atoms with van der Waals surface area (Å²) in [5.74, 6) is -0.469. The zero-order chi connectivity index (χ0) is 16.3. The van der Waals surface area contributed by atoms with Crippen LogP contribution in [0.4, 0.5) is 0 Å². The van der Waals surface area contributed by atoms with E-state index in [-0.39, 0.29) is 12.7 Å². The van der Waals surface area contributed by atoms with Crippen LogP contribution in [0.2, 0.25) is 0 Å². The van der Waals surface area contributed by atoms with Gasteiger partial charge in [0.2, 0.25) is 0 Å². The second-order valence-corrected chi connectivity index (χ2v) is 5.62. The summed E-state index contributed by atoms with van der Waals surface area (Å²) in [5.41, 5.74) is -1.98. The van der Waals surface area contributed by atoms with E-state index in [0.29, 0.717) is 12.8 Å². The molecule has 2 unspecified atom stereocenters. The summed E-state index contributed by atoms with van der Waals surface area (Å²) >= 11 is 0. The van der Waals surface area contributed by atoms with Gasteiger partial charge in [-0.05, 0) is 26.7 Å². The fourth-order valence-electron chi connectivity index (χ4n) is 2.09. The summed E-state index contributed by atoms with van der Waals surface area (Å²) in [7, 11) is 1.44. The maximum absolute atomic E-state index is 11.8. The molecule has 1 saturated heterocycles. The van der Waals surface area contributed by atoms with Crippen molar-refractivity contribution in [1.82, 2.24) is 9.55 Å². The zero-order valence-corrected chi connectivity index (χ0v) is 12.8. The molecule has 2 rings (SSSR count). The van der Waals surface area contributed by atoms with Crippen LogP contribution in [0.1, 0.15) is 32.9 Å². The molecule has 2 heterocycles. The number of ether oxygens (including phenoxy) is 3. The molecule has 0 saturated carbocycles. The highest BCUT2D eigenvalue weighted by molar-refractivity contribution is 5.78. The van der Waals surface area contributed by atoms with E-state index in [9.17, 15) is 14.4 Å². The molecule has 1 fully saturated rings. The molecule has 0 radical (unpaired) electrons. The van der Waals surface area contributed by atoms with Gasteiger partial charge in [0.1, 0.15) is 12.8 Å². The molecule has 1 aliphatic heterocycles. The molecule has 0 aromatic carbocycles. The van der Waals surface area contributed by atoms with Gasteiger partial charge in [0, 0.05) is 19.4 Å². The second-order valence-electron chi connectivity index (χ2n) is 5.62. The van der Waals surface area contributed by atoms with Crippen molar-refractivity contribution in [1.29, 1.82) is 0 Å². The highest BCUT2D eigenvalue weighted by Crippen LogP contribution is 2.27. The standard InChI is InChI=1S/C14H20N2O6/c1-14(2,20-3)12(18)21-8-9-4-5-11(22-9)16-7-6-10(17)15-13(16)19/h6-7,9,11H,4-5,8H2,1-3H3,(H,15,17,19). The quantitative estimate of drug-likeness (QED) is 0.779. The van der Waals surface area contributed by atoms with Gasteiger partial charge in [-0.15, -0.1) is 0 Å². The molecule has 8 nitrogen and oxygen atoms in total. The van der Waals surface area contributed by atoms with Crippen molar-refractivity contribution in [3.63, 3.8) is 0 Å². The smallest absolute Gasteiger partial charge is 0.337 e. The van der Waals surface area contributed by atoms with Crippen LogP contribution in [0.15, 0.2) is 21.9 Å². The number of aromatic nitrogens is 2. The van der Waals surface area contributed by atoms with Crippen LogP contribution < -0.4 is 11.2 Å². The number of aromatic amines is 1. The number of esters is 1. The number of H-pyrrole nitrogens is 1. The lowest BCUT2D eigenvalue weighted by Gasteiger charge is -2.22. The first-order valence-corrected chi connectivity index (χ1v) is 7.03. The van der Waals surface area contributed by atoms with Gasteiger partial charge in [-0.2, -0.15) is 0 Å². The van der Waals surface area contributed by atoms with E-state index in [1.807, 2.05) is 0 Å². The molecule has 0 bridgehead atoms. The number of hydrogen-bond acceptors (Lipinski definition) is 6. The predicted molar refractivity (Wildman–Crippen MR) is 76.5 cm³/mol. The van der Waals surface area contributed by atoms with Gasteiger partial charge in [-0.25, -0.2) is 9.59 Å². The van der Waals surface area contributed by atoms with Crippen molar-refractivity contribution in [2.24, 2.45) is 0 Å². The van der Waals surface area contributed by atoms with Crippen LogP contribution in [0.5, 0.6) is 0 Å². The first-order valence-electron chi connectivity index (χ1n) is 7.03. The fraction of sp³-hybridized carbons (Fsp3) is 0.643. The number of nitrogens with zero attached hydrogens (tertiary/aromatic N) is 1. The van der Waals surface area contributed by atoms with Crippen LogP contribution in [0.3, 0.4) is 0 Å². The largest absolute Gasteiger partial charge is 0.461 e. The van der Waals surface area contributed by atoms with Crippen molar-refractivity contribution in [2.75, 3.05) is 13.7 Å². The van der Waals surface area contributed by atoms with Gasteiger partial charge >= 0.3 is 11.7 Å². The van der Waals surface area contributed by atoms with E-state index in [0.717, 1.165) is 0 Å². The Morgan fingerprint density at radius 2 is 2.18 bits per heavy atom. The second kappa shape index (κ2) is 6.45. The number of carbonyl (C=O) groups is 1. The highest BCUT2D eigenvalue weighted by Gasteiger charge is 2.32. The third kappa shape index (κ3) is 3.63.